The highest BCUT2D eigenvalue weighted by molar-refractivity contribution is 5.96. The third-order valence-electron chi connectivity index (χ3n) is 4.63. The number of carbonyl (C=O) groups is 1. The molecule has 2 unspecified atom stereocenters. The third kappa shape index (κ3) is 4.41. The van der Waals surface area contributed by atoms with Gasteiger partial charge in [0, 0.05) is 36.6 Å². The standard InChI is InChI=1S/C18H25N3O6/c1-3-26-16-11-15(20-5-7-25-8-6-20)17(27-4-2)10-13(16)19-18(22)12-9-14(12)21(23)24/h10-12,14H,3-9H2,1-2H3,(H,19,22). The van der Waals surface area contributed by atoms with E-state index in [0.29, 0.717) is 43.6 Å². The van der Waals surface area contributed by atoms with E-state index in [1.807, 2.05) is 19.9 Å². The minimum atomic E-state index is -0.792. The molecule has 1 heterocycles. The number of rotatable bonds is 8. The van der Waals surface area contributed by atoms with Crippen molar-refractivity contribution in [3.63, 3.8) is 0 Å². The molecule has 1 N–H and O–H groups in total. The fourth-order valence-corrected chi connectivity index (χ4v) is 3.17. The first kappa shape index (κ1) is 19.2. The van der Waals surface area contributed by atoms with E-state index in [9.17, 15) is 14.9 Å². The molecule has 0 radical (unpaired) electrons. The van der Waals surface area contributed by atoms with Crippen molar-refractivity contribution in [1.29, 1.82) is 0 Å². The molecular formula is C18H25N3O6. The van der Waals surface area contributed by atoms with E-state index >= 15 is 0 Å². The van der Waals surface area contributed by atoms with E-state index in [-0.39, 0.29) is 12.3 Å². The lowest BCUT2D eigenvalue weighted by Crippen LogP contribution is -2.36. The Kier molecular flexibility index (Phi) is 6.00. The van der Waals surface area contributed by atoms with Crippen molar-refractivity contribution in [1.82, 2.24) is 0 Å². The summed E-state index contributed by atoms with van der Waals surface area (Å²) in [5, 5.41) is 13.6. The molecule has 9 nitrogen and oxygen atoms in total. The smallest absolute Gasteiger partial charge is 0.234 e. The van der Waals surface area contributed by atoms with E-state index in [2.05, 4.69) is 10.2 Å². The minimum absolute atomic E-state index is 0.271. The number of anilines is 2. The van der Waals surface area contributed by atoms with Crippen LogP contribution >= 0.6 is 0 Å². The molecule has 2 atom stereocenters. The molecule has 1 saturated heterocycles. The quantitative estimate of drug-likeness (QED) is 0.544. The van der Waals surface area contributed by atoms with Gasteiger partial charge in [-0.15, -0.1) is 0 Å². The van der Waals surface area contributed by atoms with Gasteiger partial charge in [-0.2, -0.15) is 0 Å². The number of nitrogens with one attached hydrogen (secondary N) is 1. The fourth-order valence-electron chi connectivity index (χ4n) is 3.17. The summed E-state index contributed by atoms with van der Waals surface area (Å²) >= 11 is 0. The van der Waals surface area contributed by atoms with Gasteiger partial charge in [0.25, 0.3) is 0 Å². The Morgan fingerprint density at radius 3 is 2.52 bits per heavy atom. The second kappa shape index (κ2) is 8.43. The first-order valence-electron chi connectivity index (χ1n) is 9.25. The number of hydrogen-bond donors (Lipinski definition) is 1. The Morgan fingerprint density at radius 2 is 1.93 bits per heavy atom. The number of nitrogens with zero attached hydrogens (tertiary/aromatic N) is 2. The van der Waals surface area contributed by atoms with Crippen LogP contribution < -0.4 is 19.7 Å². The van der Waals surface area contributed by atoms with Crippen molar-refractivity contribution in [2.45, 2.75) is 26.3 Å². The maximum Gasteiger partial charge on any atom is 0.234 e. The number of nitro groups is 1. The average molecular weight is 379 g/mol. The number of amides is 1. The van der Waals surface area contributed by atoms with Crippen LogP contribution in [0.15, 0.2) is 12.1 Å². The summed E-state index contributed by atoms with van der Waals surface area (Å²) in [7, 11) is 0. The maximum absolute atomic E-state index is 12.4. The number of carbonyl (C=O) groups excluding carboxylic acids is 1. The summed E-state index contributed by atoms with van der Waals surface area (Å²) in [5.41, 5.74) is 1.35. The molecule has 1 aromatic carbocycles. The average Bonchev–Trinajstić information content (AvgIpc) is 3.46. The van der Waals surface area contributed by atoms with E-state index in [0.717, 1.165) is 18.8 Å². The van der Waals surface area contributed by atoms with Crippen LogP contribution in [-0.4, -0.2) is 56.4 Å². The highest BCUT2D eigenvalue weighted by Gasteiger charge is 2.53. The minimum Gasteiger partial charge on any atom is -0.492 e. The zero-order valence-electron chi connectivity index (χ0n) is 15.6. The van der Waals surface area contributed by atoms with Crippen LogP contribution in [0.25, 0.3) is 0 Å². The normalized spacial score (nSPS) is 21.5. The van der Waals surface area contributed by atoms with Gasteiger partial charge >= 0.3 is 0 Å². The molecule has 3 rings (SSSR count). The van der Waals surface area contributed by atoms with Crippen molar-refractivity contribution in [3.05, 3.63) is 22.2 Å². The molecule has 0 spiro atoms. The van der Waals surface area contributed by atoms with Crippen LogP contribution in [0, 0.1) is 16.0 Å². The molecule has 1 aliphatic heterocycles. The van der Waals surface area contributed by atoms with Crippen LogP contribution in [0.2, 0.25) is 0 Å². The largest absolute Gasteiger partial charge is 0.492 e. The molecule has 0 bridgehead atoms. The first-order valence-corrected chi connectivity index (χ1v) is 9.25. The van der Waals surface area contributed by atoms with E-state index in [1.165, 1.54) is 0 Å². The van der Waals surface area contributed by atoms with Gasteiger partial charge in [0.05, 0.1) is 37.8 Å². The summed E-state index contributed by atoms with van der Waals surface area (Å²) in [6, 6.07) is 2.80. The second-order valence-electron chi connectivity index (χ2n) is 6.47. The lowest BCUT2D eigenvalue weighted by atomic mass is 10.2. The molecule has 27 heavy (non-hydrogen) atoms. The Hall–Kier alpha value is -2.55. The SMILES string of the molecule is CCOc1cc(N2CCOCC2)c(OCC)cc1NC(=O)C1CC1[N+](=O)[O-]. The van der Waals surface area contributed by atoms with E-state index in [1.54, 1.807) is 6.07 Å². The topological polar surface area (TPSA) is 103 Å². The highest BCUT2D eigenvalue weighted by atomic mass is 16.6. The van der Waals surface area contributed by atoms with Crippen molar-refractivity contribution in [2.24, 2.45) is 5.92 Å². The van der Waals surface area contributed by atoms with Crippen LogP contribution in [-0.2, 0) is 9.53 Å². The number of hydrogen-bond acceptors (Lipinski definition) is 7. The Balaban J connectivity index is 1.86. The highest BCUT2D eigenvalue weighted by Crippen LogP contribution is 2.41. The van der Waals surface area contributed by atoms with Gasteiger partial charge in [-0.05, 0) is 13.8 Å². The Bertz CT molecular complexity index is 705. The zero-order chi connectivity index (χ0) is 19.4. The summed E-state index contributed by atoms with van der Waals surface area (Å²) in [4.78, 5) is 24.9. The predicted molar refractivity (Wildman–Crippen MR) is 99.3 cm³/mol. The summed E-state index contributed by atoms with van der Waals surface area (Å²) in [6.07, 6.45) is 0.271. The van der Waals surface area contributed by atoms with Gasteiger partial charge in [0.15, 0.2) is 0 Å². The Morgan fingerprint density at radius 1 is 1.26 bits per heavy atom. The summed E-state index contributed by atoms with van der Waals surface area (Å²) in [5.74, 6) is 0.206. The van der Waals surface area contributed by atoms with Gasteiger partial charge < -0.3 is 24.4 Å². The lowest BCUT2D eigenvalue weighted by molar-refractivity contribution is -0.497. The van der Waals surface area contributed by atoms with Crippen molar-refractivity contribution in [3.8, 4) is 11.5 Å². The van der Waals surface area contributed by atoms with Gasteiger partial charge in [-0.25, -0.2) is 0 Å². The lowest BCUT2D eigenvalue weighted by Gasteiger charge is -2.31. The molecule has 2 fully saturated rings. The molecule has 1 amide bonds. The molecule has 1 saturated carbocycles. The third-order valence-corrected chi connectivity index (χ3v) is 4.63. The van der Waals surface area contributed by atoms with Crippen LogP contribution in [0.3, 0.4) is 0 Å². The number of benzene rings is 1. The monoisotopic (exact) mass is 379 g/mol. The molecule has 9 heteroatoms. The van der Waals surface area contributed by atoms with Crippen LogP contribution in [0.1, 0.15) is 20.3 Å². The molecule has 2 aliphatic rings. The number of ether oxygens (including phenoxy) is 3. The van der Waals surface area contributed by atoms with Gasteiger partial charge in [0.1, 0.15) is 17.4 Å². The summed E-state index contributed by atoms with van der Waals surface area (Å²) in [6.45, 7) is 7.42. The van der Waals surface area contributed by atoms with Crippen molar-refractivity contribution in [2.75, 3.05) is 49.7 Å². The predicted octanol–water partition coefficient (Wildman–Crippen LogP) is 1.92. The second-order valence-corrected chi connectivity index (χ2v) is 6.47. The van der Waals surface area contributed by atoms with Crippen LogP contribution in [0.5, 0.6) is 11.5 Å². The summed E-state index contributed by atoms with van der Waals surface area (Å²) < 4.78 is 16.9. The zero-order valence-corrected chi connectivity index (χ0v) is 15.6. The van der Waals surface area contributed by atoms with E-state index in [4.69, 9.17) is 14.2 Å². The number of morpholine rings is 1. The van der Waals surface area contributed by atoms with Gasteiger partial charge in [-0.1, -0.05) is 0 Å². The van der Waals surface area contributed by atoms with Crippen LogP contribution in [0.4, 0.5) is 11.4 Å². The molecular weight excluding hydrogens is 354 g/mol. The first-order chi connectivity index (χ1) is 13.0. The Labute approximate surface area is 157 Å². The van der Waals surface area contributed by atoms with Gasteiger partial charge in [-0.3, -0.25) is 14.9 Å². The molecule has 1 aliphatic carbocycles. The molecule has 148 valence electrons. The maximum atomic E-state index is 12.4. The molecule has 0 aromatic heterocycles. The van der Waals surface area contributed by atoms with Crippen molar-refractivity contribution >= 4 is 17.3 Å². The van der Waals surface area contributed by atoms with Crippen molar-refractivity contribution < 1.29 is 23.9 Å². The molecule has 1 aromatic rings. The van der Waals surface area contributed by atoms with Gasteiger partial charge in [0.2, 0.25) is 11.9 Å². The van der Waals surface area contributed by atoms with E-state index < -0.39 is 16.9 Å². The fraction of sp³-hybridized carbons (Fsp3) is 0.611.